The first kappa shape index (κ1) is 26.7. The maximum Gasteiger partial charge on any atom is 0.295 e. The molecule has 0 aromatic heterocycles. The van der Waals surface area contributed by atoms with Crippen LogP contribution in [-0.4, -0.2) is 65.5 Å². The van der Waals surface area contributed by atoms with Crippen LogP contribution in [0.4, 0.5) is 0 Å². The van der Waals surface area contributed by atoms with E-state index in [9.17, 15) is 14.7 Å². The second kappa shape index (κ2) is 11.8. The van der Waals surface area contributed by atoms with Gasteiger partial charge in [-0.3, -0.25) is 9.59 Å². The predicted molar refractivity (Wildman–Crippen MR) is 144 cm³/mol. The smallest absolute Gasteiger partial charge is 0.295 e. The molecule has 0 spiro atoms. The SMILES string of the molecule is CCCOc1ccc([C@H]2/C(=C(\O)c3ccc4c(c3)C[C@H](C)O4)C(=O)C(=O)N2CCCN(CC)CC)cc1. The number of hydrogen-bond donors (Lipinski definition) is 1. The van der Waals surface area contributed by atoms with E-state index in [4.69, 9.17) is 9.47 Å². The van der Waals surface area contributed by atoms with Gasteiger partial charge in [0.2, 0.25) is 0 Å². The van der Waals surface area contributed by atoms with Crippen molar-refractivity contribution >= 4 is 17.4 Å². The molecule has 2 aliphatic heterocycles. The quantitative estimate of drug-likeness (QED) is 0.264. The van der Waals surface area contributed by atoms with E-state index in [1.165, 1.54) is 0 Å². The number of hydrogen-bond acceptors (Lipinski definition) is 6. The van der Waals surface area contributed by atoms with Crippen molar-refractivity contribution in [2.24, 2.45) is 0 Å². The van der Waals surface area contributed by atoms with Gasteiger partial charge in [-0.25, -0.2) is 0 Å². The average Bonchev–Trinajstić information content (AvgIpc) is 3.40. The first-order chi connectivity index (χ1) is 17.9. The van der Waals surface area contributed by atoms with Crippen molar-refractivity contribution in [2.45, 2.75) is 59.1 Å². The number of aliphatic hydroxyl groups is 1. The number of amides is 1. The normalized spacial score (nSPS) is 20.4. The zero-order valence-corrected chi connectivity index (χ0v) is 22.3. The highest BCUT2D eigenvalue weighted by Crippen LogP contribution is 2.41. The number of carbonyl (C=O) groups excluding carboxylic acids is 2. The molecule has 0 saturated carbocycles. The summed E-state index contributed by atoms with van der Waals surface area (Å²) in [6.07, 6.45) is 2.44. The summed E-state index contributed by atoms with van der Waals surface area (Å²) in [5.41, 5.74) is 2.40. The van der Waals surface area contributed by atoms with Gasteiger partial charge < -0.3 is 24.4 Å². The molecule has 7 heteroatoms. The first-order valence-electron chi connectivity index (χ1n) is 13.4. The number of ketones is 1. The zero-order chi connectivity index (χ0) is 26.5. The van der Waals surface area contributed by atoms with Gasteiger partial charge in [0.05, 0.1) is 18.2 Å². The van der Waals surface area contributed by atoms with E-state index in [0.29, 0.717) is 18.7 Å². The van der Waals surface area contributed by atoms with E-state index in [2.05, 4.69) is 18.7 Å². The highest BCUT2D eigenvalue weighted by molar-refractivity contribution is 6.46. The Hall–Kier alpha value is -3.32. The Balaban J connectivity index is 1.71. The number of carbonyl (C=O) groups is 2. The van der Waals surface area contributed by atoms with Crippen LogP contribution < -0.4 is 9.47 Å². The Labute approximate surface area is 219 Å². The number of likely N-dealkylation sites (tertiary alicyclic amines) is 1. The van der Waals surface area contributed by atoms with Crippen LogP contribution in [0.3, 0.4) is 0 Å². The highest BCUT2D eigenvalue weighted by Gasteiger charge is 2.46. The molecule has 2 atom stereocenters. The number of nitrogens with zero attached hydrogens (tertiary/aromatic N) is 2. The van der Waals surface area contributed by atoms with Crippen molar-refractivity contribution in [3.8, 4) is 11.5 Å². The summed E-state index contributed by atoms with van der Waals surface area (Å²) < 4.78 is 11.5. The van der Waals surface area contributed by atoms with E-state index in [0.717, 1.165) is 61.5 Å². The maximum atomic E-state index is 13.3. The molecule has 0 radical (unpaired) electrons. The summed E-state index contributed by atoms with van der Waals surface area (Å²) in [4.78, 5) is 30.5. The number of ether oxygens (including phenoxy) is 2. The van der Waals surface area contributed by atoms with Gasteiger partial charge in [0.1, 0.15) is 23.4 Å². The maximum absolute atomic E-state index is 13.3. The van der Waals surface area contributed by atoms with Crippen LogP contribution in [0.25, 0.3) is 5.76 Å². The predicted octanol–water partition coefficient (Wildman–Crippen LogP) is 4.95. The molecule has 198 valence electrons. The van der Waals surface area contributed by atoms with E-state index < -0.39 is 17.7 Å². The molecule has 37 heavy (non-hydrogen) atoms. The van der Waals surface area contributed by atoms with E-state index in [-0.39, 0.29) is 17.4 Å². The molecule has 1 N–H and O–H groups in total. The van der Waals surface area contributed by atoms with Gasteiger partial charge in [-0.1, -0.05) is 32.9 Å². The number of Topliss-reactive ketones (excluding diaryl/α,β-unsaturated/α-hetero) is 1. The van der Waals surface area contributed by atoms with Crippen molar-refractivity contribution in [1.82, 2.24) is 9.80 Å². The van der Waals surface area contributed by atoms with Gasteiger partial charge in [-0.2, -0.15) is 0 Å². The van der Waals surface area contributed by atoms with Crippen molar-refractivity contribution in [1.29, 1.82) is 0 Å². The zero-order valence-electron chi connectivity index (χ0n) is 22.3. The lowest BCUT2D eigenvalue weighted by molar-refractivity contribution is -0.140. The summed E-state index contributed by atoms with van der Waals surface area (Å²) in [6.45, 7) is 12.0. The molecular formula is C30H38N2O5. The minimum atomic E-state index is -0.666. The fraction of sp³-hybridized carbons (Fsp3) is 0.467. The van der Waals surface area contributed by atoms with Gasteiger partial charge >= 0.3 is 0 Å². The van der Waals surface area contributed by atoms with E-state index >= 15 is 0 Å². The van der Waals surface area contributed by atoms with Crippen LogP contribution in [0.5, 0.6) is 11.5 Å². The molecule has 4 rings (SSSR count). The molecule has 1 amide bonds. The average molecular weight is 507 g/mol. The topological polar surface area (TPSA) is 79.3 Å². The number of benzene rings is 2. The fourth-order valence-corrected chi connectivity index (χ4v) is 5.15. The standard InChI is InChI=1S/C30H38N2O5/c1-5-17-36-24-12-9-21(10-13-24)27-26(28(33)22-11-14-25-23(19-22)18-20(4)37-25)29(34)30(35)32(27)16-8-15-31(6-2)7-3/h9-14,19-20,27,33H,5-8,15-18H2,1-4H3/b28-26+/t20-,27-/m0/s1. The molecule has 2 heterocycles. The van der Waals surface area contributed by atoms with Crippen molar-refractivity contribution in [3.63, 3.8) is 0 Å². The van der Waals surface area contributed by atoms with Crippen LogP contribution >= 0.6 is 0 Å². The van der Waals surface area contributed by atoms with Crippen LogP contribution in [0.1, 0.15) is 63.3 Å². The molecule has 0 bridgehead atoms. The third-order valence-electron chi connectivity index (χ3n) is 7.15. The third kappa shape index (κ3) is 5.67. The number of aliphatic hydroxyl groups excluding tert-OH is 1. The molecular weight excluding hydrogens is 468 g/mol. The summed E-state index contributed by atoms with van der Waals surface area (Å²) in [5, 5.41) is 11.4. The van der Waals surface area contributed by atoms with E-state index in [1.54, 1.807) is 11.0 Å². The summed E-state index contributed by atoms with van der Waals surface area (Å²) in [5.74, 6) is 0.150. The molecule has 0 aliphatic carbocycles. The Morgan fingerprint density at radius 1 is 1.11 bits per heavy atom. The minimum absolute atomic E-state index is 0.0669. The summed E-state index contributed by atoms with van der Waals surface area (Å²) >= 11 is 0. The third-order valence-corrected chi connectivity index (χ3v) is 7.15. The van der Waals surface area contributed by atoms with Crippen LogP contribution in [0.15, 0.2) is 48.0 Å². The second-order valence-corrected chi connectivity index (χ2v) is 9.75. The van der Waals surface area contributed by atoms with Crippen molar-refractivity contribution in [2.75, 3.05) is 32.8 Å². The molecule has 1 fully saturated rings. The van der Waals surface area contributed by atoms with Gasteiger partial charge in [-0.15, -0.1) is 0 Å². The summed E-state index contributed by atoms with van der Waals surface area (Å²) in [6, 6.07) is 12.2. The molecule has 0 unspecified atom stereocenters. The summed E-state index contributed by atoms with van der Waals surface area (Å²) in [7, 11) is 0. The lowest BCUT2D eigenvalue weighted by Gasteiger charge is -2.27. The number of rotatable bonds is 11. The Morgan fingerprint density at radius 2 is 1.84 bits per heavy atom. The van der Waals surface area contributed by atoms with Gasteiger partial charge in [-0.05, 0) is 80.9 Å². The minimum Gasteiger partial charge on any atom is -0.507 e. The van der Waals surface area contributed by atoms with Crippen LogP contribution in [-0.2, 0) is 16.0 Å². The monoisotopic (exact) mass is 506 g/mol. The lowest BCUT2D eigenvalue weighted by Crippen LogP contribution is -2.33. The first-order valence-corrected chi connectivity index (χ1v) is 13.4. The molecule has 2 aliphatic rings. The number of fused-ring (bicyclic) bond motifs is 1. The van der Waals surface area contributed by atoms with Crippen molar-refractivity contribution < 1.29 is 24.2 Å². The molecule has 2 aromatic carbocycles. The highest BCUT2D eigenvalue weighted by atomic mass is 16.5. The fourth-order valence-electron chi connectivity index (χ4n) is 5.15. The van der Waals surface area contributed by atoms with Crippen molar-refractivity contribution in [3.05, 3.63) is 64.7 Å². The Morgan fingerprint density at radius 3 is 2.51 bits per heavy atom. The van der Waals surface area contributed by atoms with E-state index in [1.807, 2.05) is 50.2 Å². The molecule has 2 aromatic rings. The molecule has 1 saturated heterocycles. The van der Waals surface area contributed by atoms with Gasteiger partial charge in [0, 0.05) is 18.5 Å². The van der Waals surface area contributed by atoms with Gasteiger partial charge in [0.25, 0.3) is 11.7 Å². The molecule has 7 nitrogen and oxygen atoms in total. The Kier molecular flexibility index (Phi) is 8.54. The Bertz CT molecular complexity index is 1150. The van der Waals surface area contributed by atoms with Crippen LogP contribution in [0, 0.1) is 0 Å². The van der Waals surface area contributed by atoms with Crippen LogP contribution in [0.2, 0.25) is 0 Å². The largest absolute Gasteiger partial charge is 0.507 e. The van der Waals surface area contributed by atoms with Gasteiger partial charge in [0.15, 0.2) is 0 Å². The second-order valence-electron chi connectivity index (χ2n) is 9.75. The lowest BCUT2D eigenvalue weighted by atomic mass is 9.94.